The molecule has 5 aromatic rings. The largest absolute Gasteiger partial charge is 0.337 e. The van der Waals surface area contributed by atoms with Crippen LogP contribution in [-0.4, -0.2) is 25.9 Å². The number of hydrogen-bond acceptors (Lipinski definition) is 7. The Bertz CT molecular complexity index is 1410. The number of thiophene rings is 1. The third-order valence-electron chi connectivity index (χ3n) is 4.54. The predicted molar refractivity (Wildman–Crippen MR) is 117 cm³/mol. The van der Waals surface area contributed by atoms with Crippen LogP contribution in [0.1, 0.15) is 5.89 Å². The number of nitrogens with zero attached hydrogens (tertiary/aromatic N) is 4. The van der Waals surface area contributed by atoms with E-state index in [0.29, 0.717) is 27.0 Å². The van der Waals surface area contributed by atoms with Crippen LogP contribution in [0.4, 0.5) is 0 Å². The summed E-state index contributed by atoms with van der Waals surface area (Å²) in [6, 6.07) is 13.5. The minimum Gasteiger partial charge on any atom is -0.337 e. The van der Waals surface area contributed by atoms with Crippen molar-refractivity contribution in [3.63, 3.8) is 0 Å². The zero-order valence-corrected chi connectivity index (χ0v) is 17.5. The van der Waals surface area contributed by atoms with Gasteiger partial charge in [-0.2, -0.15) is 4.98 Å². The number of rotatable bonds is 4. The van der Waals surface area contributed by atoms with Gasteiger partial charge in [-0.25, -0.2) is 4.98 Å². The maximum Gasteiger partial charge on any atom is 0.271 e. The van der Waals surface area contributed by atoms with Crippen LogP contribution in [0.3, 0.4) is 0 Å². The first-order valence-corrected chi connectivity index (χ1v) is 11.1. The van der Waals surface area contributed by atoms with Crippen LogP contribution in [0.15, 0.2) is 63.0 Å². The predicted octanol–water partition coefficient (Wildman–Crippen LogP) is 5.08. The second-order valence-electron chi connectivity index (χ2n) is 6.31. The molecule has 144 valence electrons. The highest BCUT2D eigenvalue weighted by molar-refractivity contribution is 7.98. The minimum atomic E-state index is -0.156. The molecule has 0 N–H and O–H groups in total. The van der Waals surface area contributed by atoms with Gasteiger partial charge in [-0.15, -0.1) is 23.1 Å². The van der Waals surface area contributed by atoms with Crippen molar-refractivity contribution in [2.24, 2.45) is 0 Å². The van der Waals surface area contributed by atoms with E-state index in [1.54, 1.807) is 17.8 Å². The SMILES string of the molecule is CSc1ccc(-c2noc(Cn3cnc4c(sc5cccc(Cl)c54)c3=O)n2)cc1. The summed E-state index contributed by atoms with van der Waals surface area (Å²) in [5.74, 6) is 0.833. The Kier molecular flexibility index (Phi) is 4.61. The lowest BCUT2D eigenvalue weighted by molar-refractivity contribution is 0.370. The van der Waals surface area contributed by atoms with E-state index >= 15 is 0 Å². The number of halogens is 1. The van der Waals surface area contributed by atoms with Crippen LogP contribution in [0.5, 0.6) is 0 Å². The normalized spacial score (nSPS) is 11.5. The highest BCUT2D eigenvalue weighted by Crippen LogP contribution is 2.35. The maximum atomic E-state index is 13.0. The molecular formula is C20H13ClN4O2S2. The van der Waals surface area contributed by atoms with Crippen LogP contribution < -0.4 is 5.56 Å². The summed E-state index contributed by atoms with van der Waals surface area (Å²) in [7, 11) is 0. The van der Waals surface area contributed by atoms with Gasteiger partial charge in [0, 0.05) is 20.5 Å². The van der Waals surface area contributed by atoms with E-state index in [0.717, 1.165) is 20.5 Å². The third kappa shape index (κ3) is 3.23. The van der Waals surface area contributed by atoms with Gasteiger partial charge in [-0.1, -0.05) is 22.8 Å². The Morgan fingerprint density at radius 1 is 1.21 bits per heavy atom. The molecular weight excluding hydrogens is 428 g/mol. The molecule has 0 aliphatic rings. The molecule has 0 saturated heterocycles. The lowest BCUT2D eigenvalue weighted by Crippen LogP contribution is -2.20. The van der Waals surface area contributed by atoms with Gasteiger partial charge in [-0.05, 0) is 42.7 Å². The molecule has 0 radical (unpaired) electrons. The molecule has 0 aliphatic heterocycles. The third-order valence-corrected chi connectivity index (χ3v) is 6.73. The zero-order valence-electron chi connectivity index (χ0n) is 15.1. The average Bonchev–Trinajstić information content (AvgIpc) is 3.36. The summed E-state index contributed by atoms with van der Waals surface area (Å²) in [5, 5.41) is 5.44. The fraction of sp³-hybridized carbons (Fsp3) is 0.100. The highest BCUT2D eigenvalue weighted by Gasteiger charge is 2.16. The zero-order chi connectivity index (χ0) is 20.0. The lowest BCUT2D eigenvalue weighted by atomic mass is 10.2. The average molecular weight is 441 g/mol. The molecule has 9 heteroatoms. The molecule has 0 fully saturated rings. The van der Waals surface area contributed by atoms with E-state index in [1.165, 1.54) is 22.2 Å². The highest BCUT2D eigenvalue weighted by atomic mass is 35.5. The van der Waals surface area contributed by atoms with Crippen molar-refractivity contribution in [1.29, 1.82) is 0 Å². The van der Waals surface area contributed by atoms with Crippen molar-refractivity contribution < 1.29 is 4.52 Å². The smallest absolute Gasteiger partial charge is 0.271 e. The number of aromatic nitrogens is 4. The van der Waals surface area contributed by atoms with Crippen molar-refractivity contribution in [3.05, 3.63) is 70.1 Å². The standard InChI is InChI=1S/C20H13ClN4O2S2/c1-28-12-7-5-11(6-8-12)19-23-15(27-24-19)9-25-10-22-17-16-13(21)3-2-4-14(16)29-18(17)20(25)26/h2-8,10H,9H2,1H3. The second kappa shape index (κ2) is 7.29. The van der Waals surface area contributed by atoms with E-state index in [9.17, 15) is 4.79 Å². The summed E-state index contributed by atoms with van der Waals surface area (Å²) >= 11 is 9.35. The summed E-state index contributed by atoms with van der Waals surface area (Å²) < 4.78 is 8.32. The topological polar surface area (TPSA) is 73.8 Å². The molecule has 0 unspecified atom stereocenters. The molecule has 0 atom stereocenters. The van der Waals surface area contributed by atoms with Crippen molar-refractivity contribution in [2.45, 2.75) is 11.4 Å². The van der Waals surface area contributed by atoms with Gasteiger partial charge >= 0.3 is 0 Å². The molecule has 0 bridgehead atoms. The lowest BCUT2D eigenvalue weighted by Gasteiger charge is -2.01. The number of hydrogen-bond donors (Lipinski definition) is 0. The Balaban J connectivity index is 1.50. The fourth-order valence-electron chi connectivity index (χ4n) is 3.10. The quantitative estimate of drug-likeness (QED) is 0.362. The fourth-order valence-corrected chi connectivity index (χ4v) is 4.96. The maximum absolute atomic E-state index is 13.0. The van der Waals surface area contributed by atoms with Crippen LogP contribution in [0, 0.1) is 0 Å². The van der Waals surface area contributed by atoms with Crippen molar-refractivity contribution >= 4 is 55.0 Å². The van der Waals surface area contributed by atoms with Crippen molar-refractivity contribution in [3.8, 4) is 11.4 Å². The molecule has 0 spiro atoms. The monoisotopic (exact) mass is 440 g/mol. The summed E-state index contributed by atoms with van der Waals surface area (Å²) in [5.41, 5.74) is 1.33. The van der Waals surface area contributed by atoms with E-state index in [-0.39, 0.29) is 12.1 Å². The van der Waals surface area contributed by atoms with Crippen molar-refractivity contribution in [1.82, 2.24) is 19.7 Å². The van der Waals surface area contributed by atoms with Gasteiger partial charge in [0.05, 0.1) is 16.9 Å². The van der Waals surface area contributed by atoms with Gasteiger partial charge in [0.15, 0.2) is 0 Å². The number of fused-ring (bicyclic) bond motifs is 3. The number of thioether (sulfide) groups is 1. The molecule has 0 aliphatic carbocycles. The van der Waals surface area contributed by atoms with Gasteiger partial charge in [-0.3, -0.25) is 9.36 Å². The first-order valence-electron chi connectivity index (χ1n) is 8.67. The van der Waals surface area contributed by atoms with Gasteiger partial charge in [0.1, 0.15) is 11.2 Å². The molecule has 2 aromatic carbocycles. The molecule has 5 rings (SSSR count). The van der Waals surface area contributed by atoms with E-state index in [4.69, 9.17) is 16.1 Å². The van der Waals surface area contributed by atoms with Crippen LogP contribution in [0.2, 0.25) is 5.02 Å². The Hall–Kier alpha value is -2.68. The first-order chi connectivity index (χ1) is 14.1. The van der Waals surface area contributed by atoms with E-state index < -0.39 is 0 Å². The molecule has 6 nitrogen and oxygen atoms in total. The summed E-state index contributed by atoms with van der Waals surface area (Å²) in [4.78, 5) is 23.0. The Morgan fingerprint density at radius 3 is 2.83 bits per heavy atom. The van der Waals surface area contributed by atoms with E-state index in [2.05, 4.69) is 15.1 Å². The molecule has 0 amide bonds. The van der Waals surface area contributed by atoms with Crippen LogP contribution in [-0.2, 0) is 6.54 Å². The van der Waals surface area contributed by atoms with Gasteiger partial charge in [0.25, 0.3) is 5.56 Å². The first kappa shape index (κ1) is 18.4. The van der Waals surface area contributed by atoms with Crippen molar-refractivity contribution in [2.75, 3.05) is 6.26 Å². The van der Waals surface area contributed by atoms with Gasteiger partial charge in [0.2, 0.25) is 11.7 Å². The Morgan fingerprint density at radius 2 is 2.03 bits per heavy atom. The Labute approximate surface area is 178 Å². The molecule has 3 aromatic heterocycles. The molecule has 29 heavy (non-hydrogen) atoms. The molecule has 0 saturated carbocycles. The summed E-state index contributed by atoms with van der Waals surface area (Å²) in [6.07, 6.45) is 3.52. The minimum absolute atomic E-state index is 0.152. The van der Waals surface area contributed by atoms with Gasteiger partial charge < -0.3 is 4.52 Å². The van der Waals surface area contributed by atoms with E-state index in [1.807, 2.05) is 42.7 Å². The summed E-state index contributed by atoms with van der Waals surface area (Å²) in [6.45, 7) is 0.152. The number of benzene rings is 2. The molecule has 3 heterocycles. The van der Waals surface area contributed by atoms with Crippen LogP contribution >= 0.6 is 34.7 Å². The second-order valence-corrected chi connectivity index (χ2v) is 8.65. The van der Waals surface area contributed by atoms with Crippen LogP contribution in [0.25, 0.3) is 31.7 Å².